The molecule has 0 aliphatic heterocycles. The van der Waals surface area contributed by atoms with E-state index in [1.807, 2.05) is 13.0 Å². The smallest absolute Gasteiger partial charge is 0.306 e. The summed E-state index contributed by atoms with van der Waals surface area (Å²) in [6.07, 6.45) is -0.0622. The minimum atomic E-state index is -0.633. The van der Waals surface area contributed by atoms with E-state index in [1.165, 1.54) is 29.5 Å². The molecule has 24 heavy (non-hydrogen) atoms. The molecule has 7 heteroatoms. The summed E-state index contributed by atoms with van der Waals surface area (Å²) in [6, 6.07) is 8.94. The molecule has 0 unspecified atom stereocenters. The first-order chi connectivity index (χ1) is 11.4. The molecule has 0 bridgehead atoms. The lowest BCUT2D eigenvalue weighted by atomic mass is 10.2. The number of amides is 1. The third-order valence-electron chi connectivity index (χ3n) is 3.04. The minimum Gasteiger partial charge on any atom is -0.456 e. The summed E-state index contributed by atoms with van der Waals surface area (Å²) in [5.74, 6) is -1.82. The van der Waals surface area contributed by atoms with Gasteiger partial charge in [0.1, 0.15) is 5.82 Å². The first-order valence-corrected chi connectivity index (χ1v) is 8.06. The Balaban J connectivity index is 1.71. The Labute approximate surface area is 142 Å². The molecular formula is C17H16FNO4S. The fourth-order valence-electron chi connectivity index (χ4n) is 1.90. The van der Waals surface area contributed by atoms with Crippen LogP contribution < -0.4 is 5.32 Å². The van der Waals surface area contributed by atoms with Crippen molar-refractivity contribution in [2.45, 2.75) is 19.8 Å². The average molecular weight is 349 g/mol. The van der Waals surface area contributed by atoms with Gasteiger partial charge in [0.05, 0.1) is 11.3 Å². The molecule has 126 valence electrons. The molecular weight excluding hydrogens is 333 g/mol. The highest BCUT2D eigenvalue weighted by Gasteiger charge is 2.13. The number of aryl methyl sites for hydroxylation is 1. The van der Waals surface area contributed by atoms with Crippen molar-refractivity contribution in [1.82, 2.24) is 0 Å². The highest BCUT2D eigenvalue weighted by molar-refractivity contribution is 7.14. The fourth-order valence-corrected chi connectivity index (χ4v) is 2.74. The molecule has 0 spiro atoms. The third kappa shape index (κ3) is 5.58. The summed E-state index contributed by atoms with van der Waals surface area (Å²) >= 11 is 1.37. The molecule has 0 aliphatic carbocycles. The van der Waals surface area contributed by atoms with Gasteiger partial charge in [-0.1, -0.05) is 6.07 Å². The number of ketones is 1. The topological polar surface area (TPSA) is 72.5 Å². The van der Waals surface area contributed by atoms with Crippen LogP contribution in [0.3, 0.4) is 0 Å². The second kappa shape index (κ2) is 8.35. The number of hydrogen-bond acceptors (Lipinski definition) is 5. The van der Waals surface area contributed by atoms with Gasteiger partial charge in [0.25, 0.3) is 5.91 Å². The van der Waals surface area contributed by atoms with Gasteiger partial charge in [-0.25, -0.2) is 4.39 Å². The van der Waals surface area contributed by atoms with Gasteiger partial charge in [-0.3, -0.25) is 14.4 Å². The van der Waals surface area contributed by atoms with Crippen molar-refractivity contribution in [3.8, 4) is 0 Å². The van der Waals surface area contributed by atoms with Crippen LogP contribution in [0.15, 0.2) is 36.4 Å². The van der Waals surface area contributed by atoms with Gasteiger partial charge in [0.15, 0.2) is 12.4 Å². The number of thiophene rings is 1. The first-order valence-electron chi connectivity index (χ1n) is 7.25. The van der Waals surface area contributed by atoms with Crippen molar-refractivity contribution in [1.29, 1.82) is 0 Å². The van der Waals surface area contributed by atoms with Crippen LogP contribution in [-0.4, -0.2) is 24.3 Å². The number of benzene rings is 1. The highest BCUT2D eigenvalue weighted by atomic mass is 32.1. The van der Waals surface area contributed by atoms with E-state index in [9.17, 15) is 18.8 Å². The quantitative estimate of drug-likeness (QED) is 0.615. The highest BCUT2D eigenvalue weighted by Crippen LogP contribution is 2.17. The number of rotatable bonds is 7. The SMILES string of the molecule is Cc1ccc(C(=O)CCC(=O)OCC(=O)Nc2cccc(F)c2)s1. The van der Waals surface area contributed by atoms with E-state index >= 15 is 0 Å². The number of halogens is 1. The molecule has 0 saturated heterocycles. The number of Topliss-reactive ketones (excluding diaryl/α,β-unsaturated/α-hetero) is 1. The summed E-state index contributed by atoms with van der Waals surface area (Å²) in [5, 5.41) is 2.41. The molecule has 0 saturated carbocycles. The van der Waals surface area contributed by atoms with E-state index in [4.69, 9.17) is 4.74 Å². The second-order valence-electron chi connectivity index (χ2n) is 5.05. The maximum absolute atomic E-state index is 13.0. The Hall–Kier alpha value is -2.54. The molecule has 1 aromatic carbocycles. The van der Waals surface area contributed by atoms with E-state index in [0.29, 0.717) is 4.88 Å². The van der Waals surface area contributed by atoms with Crippen LogP contribution >= 0.6 is 11.3 Å². The maximum Gasteiger partial charge on any atom is 0.306 e. The van der Waals surface area contributed by atoms with E-state index in [-0.39, 0.29) is 24.3 Å². The lowest BCUT2D eigenvalue weighted by molar-refractivity contribution is -0.147. The summed E-state index contributed by atoms with van der Waals surface area (Å²) < 4.78 is 17.8. The number of carbonyl (C=O) groups is 3. The number of esters is 1. The van der Waals surface area contributed by atoms with E-state index in [1.54, 1.807) is 6.07 Å². The van der Waals surface area contributed by atoms with E-state index < -0.39 is 24.3 Å². The van der Waals surface area contributed by atoms with Gasteiger partial charge in [-0.2, -0.15) is 0 Å². The summed E-state index contributed by atoms with van der Waals surface area (Å²) in [7, 11) is 0. The molecule has 0 fully saturated rings. The molecule has 0 radical (unpaired) electrons. The van der Waals surface area contributed by atoms with Crippen molar-refractivity contribution in [2.75, 3.05) is 11.9 Å². The first kappa shape index (κ1) is 17.8. The summed E-state index contributed by atoms with van der Waals surface area (Å²) in [4.78, 5) is 36.7. The zero-order valence-electron chi connectivity index (χ0n) is 13.0. The van der Waals surface area contributed by atoms with Gasteiger partial charge in [0, 0.05) is 17.0 Å². The predicted octanol–water partition coefficient (Wildman–Crippen LogP) is 3.34. The van der Waals surface area contributed by atoms with Crippen molar-refractivity contribution in [2.24, 2.45) is 0 Å². The number of hydrogen-bond donors (Lipinski definition) is 1. The van der Waals surface area contributed by atoms with Crippen LogP contribution in [0.5, 0.6) is 0 Å². The van der Waals surface area contributed by atoms with Crippen LogP contribution in [-0.2, 0) is 14.3 Å². The number of ether oxygens (including phenoxy) is 1. The standard InChI is InChI=1S/C17H16FNO4S/c1-11-5-7-15(24-11)14(20)6-8-17(22)23-10-16(21)19-13-4-2-3-12(18)9-13/h2-5,7,9H,6,8,10H2,1H3,(H,19,21). The Morgan fingerprint density at radius 2 is 1.96 bits per heavy atom. The molecule has 2 rings (SSSR count). The van der Waals surface area contributed by atoms with Gasteiger partial charge in [-0.15, -0.1) is 11.3 Å². The molecule has 1 amide bonds. The molecule has 5 nitrogen and oxygen atoms in total. The zero-order chi connectivity index (χ0) is 17.5. The summed E-state index contributed by atoms with van der Waals surface area (Å²) in [5.41, 5.74) is 0.277. The van der Waals surface area contributed by atoms with Crippen molar-refractivity contribution >= 4 is 34.7 Å². The van der Waals surface area contributed by atoms with Crippen molar-refractivity contribution in [3.63, 3.8) is 0 Å². The number of nitrogens with one attached hydrogen (secondary N) is 1. The van der Waals surface area contributed by atoms with Crippen molar-refractivity contribution < 1.29 is 23.5 Å². The fraction of sp³-hybridized carbons (Fsp3) is 0.235. The maximum atomic E-state index is 13.0. The van der Waals surface area contributed by atoms with Gasteiger partial charge in [0.2, 0.25) is 0 Å². The van der Waals surface area contributed by atoms with Crippen LogP contribution in [0.2, 0.25) is 0 Å². The van der Waals surface area contributed by atoms with E-state index in [2.05, 4.69) is 5.32 Å². The lowest BCUT2D eigenvalue weighted by Gasteiger charge is -2.06. The largest absolute Gasteiger partial charge is 0.456 e. The van der Waals surface area contributed by atoms with Crippen LogP contribution in [0.25, 0.3) is 0 Å². The Morgan fingerprint density at radius 1 is 1.17 bits per heavy atom. The van der Waals surface area contributed by atoms with E-state index in [0.717, 1.165) is 10.9 Å². The number of anilines is 1. The van der Waals surface area contributed by atoms with Crippen molar-refractivity contribution in [3.05, 3.63) is 52.0 Å². The molecule has 1 N–H and O–H groups in total. The zero-order valence-corrected chi connectivity index (χ0v) is 13.8. The van der Waals surface area contributed by atoms with Crippen LogP contribution in [0, 0.1) is 12.7 Å². The molecule has 1 aromatic heterocycles. The molecule has 0 atom stereocenters. The minimum absolute atomic E-state index is 0.0320. The summed E-state index contributed by atoms with van der Waals surface area (Å²) in [6.45, 7) is 1.41. The monoisotopic (exact) mass is 349 g/mol. The Bertz CT molecular complexity index is 757. The second-order valence-corrected chi connectivity index (χ2v) is 6.34. The predicted molar refractivity (Wildman–Crippen MR) is 88.6 cm³/mol. The van der Waals surface area contributed by atoms with Gasteiger partial charge >= 0.3 is 5.97 Å². The number of carbonyl (C=O) groups excluding carboxylic acids is 3. The van der Waals surface area contributed by atoms with Gasteiger partial charge < -0.3 is 10.1 Å². The normalized spacial score (nSPS) is 10.2. The average Bonchev–Trinajstić information content (AvgIpc) is 2.97. The molecule has 1 heterocycles. The van der Waals surface area contributed by atoms with Crippen LogP contribution in [0.4, 0.5) is 10.1 Å². The third-order valence-corrected chi connectivity index (χ3v) is 4.09. The lowest BCUT2D eigenvalue weighted by Crippen LogP contribution is -2.21. The Morgan fingerprint density at radius 3 is 2.62 bits per heavy atom. The molecule has 2 aromatic rings. The Kier molecular flexibility index (Phi) is 6.20. The van der Waals surface area contributed by atoms with Gasteiger partial charge in [-0.05, 0) is 37.3 Å². The van der Waals surface area contributed by atoms with Crippen LogP contribution in [0.1, 0.15) is 27.4 Å². The molecule has 0 aliphatic rings.